The van der Waals surface area contributed by atoms with Crippen LogP contribution < -0.4 is 11.1 Å². The third kappa shape index (κ3) is 3.69. The van der Waals surface area contributed by atoms with E-state index in [2.05, 4.69) is 26.1 Å². The van der Waals surface area contributed by atoms with Gasteiger partial charge in [0, 0.05) is 18.5 Å². The zero-order valence-electron chi connectivity index (χ0n) is 12.9. The van der Waals surface area contributed by atoms with Gasteiger partial charge in [0.15, 0.2) is 0 Å². The number of carbonyl (C=O) groups excluding carboxylic acids is 1. The molecule has 1 rings (SSSR count). The molecule has 1 amide bonds. The first-order valence-electron chi connectivity index (χ1n) is 7.39. The zero-order chi connectivity index (χ0) is 14.8. The van der Waals surface area contributed by atoms with E-state index in [4.69, 9.17) is 5.73 Å². The van der Waals surface area contributed by atoms with Crippen LogP contribution in [0, 0.1) is 23.2 Å². The average molecular weight is 270 g/mol. The molecule has 0 aromatic carbocycles. The molecule has 0 spiro atoms. The molecule has 0 heterocycles. The van der Waals surface area contributed by atoms with Crippen LogP contribution in [0.5, 0.6) is 0 Å². The van der Waals surface area contributed by atoms with E-state index in [-0.39, 0.29) is 29.2 Å². The molecule has 19 heavy (non-hydrogen) atoms. The van der Waals surface area contributed by atoms with Gasteiger partial charge in [-0.1, -0.05) is 34.6 Å². The van der Waals surface area contributed by atoms with Crippen molar-refractivity contribution in [2.75, 3.05) is 6.54 Å². The largest absolute Gasteiger partial charge is 0.391 e. The summed E-state index contributed by atoms with van der Waals surface area (Å²) in [5.41, 5.74) is 6.01. The molecule has 0 aromatic heterocycles. The van der Waals surface area contributed by atoms with Gasteiger partial charge in [0.05, 0.1) is 6.10 Å². The minimum absolute atomic E-state index is 0.0123. The standard InChI is InChI=1S/C15H30N2O2/c1-9(2)13(18)8-17-14(19)11-6-7-12(16)10(3)15(11,4)5/h9-13,18H,6-8,16H2,1-5H3,(H,17,19). The van der Waals surface area contributed by atoms with Crippen molar-refractivity contribution in [3.05, 3.63) is 0 Å². The van der Waals surface area contributed by atoms with Gasteiger partial charge in [0.1, 0.15) is 0 Å². The highest BCUT2D eigenvalue weighted by Crippen LogP contribution is 2.44. The maximum Gasteiger partial charge on any atom is 0.223 e. The average Bonchev–Trinajstić information content (AvgIpc) is 2.32. The molecule has 0 bridgehead atoms. The summed E-state index contributed by atoms with van der Waals surface area (Å²) in [6.45, 7) is 10.6. The van der Waals surface area contributed by atoms with Crippen molar-refractivity contribution in [3.63, 3.8) is 0 Å². The van der Waals surface area contributed by atoms with E-state index in [1.165, 1.54) is 0 Å². The molecule has 1 fully saturated rings. The van der Waals surface area contributed by atoms with E-state index in [0.717, 1.165) is 12.8 Å². The van der Waals surface area contributed by atoms with Crippen LogP contribution >= 0.6 is 0 Å². The van der Waals surface area contributed by atoms with Crippen molar-refractivity contribution in [2.45, 2.75) is 59.6 Å². The minimum Gasteiger partial charge on any atom is -0.391 e. The molecule has 1 aliphatic rings. The number of hydrogen-bond acceptors (Lipinski definition) is 3. The second-order valence-electron chi connectivity index (χ2n) is 6.96. The molecule has 112 valence electrons. The summed E-state index contributed by atoms with van der Waals surface area (Å²) in [5, 5.41) is 12.7. The number of hydrogen-bond donors (Lipinski definition) is 3. The number of aliphatic hydroxyl groups is 1. The fourth-order valence-electron chi connectivity index (χ4n) is 2.88. The van der Waals surface area contributed by atoms with Crippen LogP contribution in [0.2, 0.25) is 0 Å². The molecule has 0 saturated heterocycles. The summed E-state index contributed by atoms with van der Waals surface area (Å²) < 4.78 is 0. The SMILES string of the molecule is CC(C)C(O)CNC(=O)C1CCC(N)C(C)C1(C)C. The first-order valence-corrected chi connectivity index (χ1v) is 7.39. The smallest absolute Gasteiger partial charge is 0.223 e. The van der Waals surface area contributed by atoms with Crippen LogP contribution in [0.3, 0.4) is 0 Å². The topological polar surface area (TPSA) is 75.3 Å². The Balaban J connectivity index is 2.61. The Morgan fingerprint density at radius 2 is 2.00 bits per heavy atom. The van der Waals surface area contributed by atoms with E-state index in [1.807, 2.05) is 13.8 Å². The van der Waals surface area contributed by atoms with Crippen LogP contribution in [0.4, 0.5) is 0 Å². The molecule has 1 aliphatic carbocycles. The quantitative estimate of drug-likeness (QED) is 0.725. The van der Waals surface area contributed by atoms with Crippen LogP contribution in [-0.4, -0.2) is 29.7 Å². The molecule has 4 atom stereocenters. The molecule has 0 aromatic rings. The molecule has 4 N–H and O–H groups in total. The zero-order valence-corrected chi connectivity index (χ0v) is 12.9. The van der Waals surface area contributed by atoms with Crippen molar-refractivity contribution >= 4 is 5.91 Å². The highest BCUT2D eigenvalue weighted by Gasteiger charge is 2.44. The monoisotopic (exact) mass is 270 g/mol. The molecule has 4 nitrogen and oxygen atoms in total. The van der Waals surface area contributed by atoms with Gasteiger partial charge in [-0.3, -0.25) is 4.79 Å². The Morgan fingerprint density at radius 1 is 1.42 bits per heavy atom. The van der Waals surface area contributed by atoms with Crippen LogP contribution in [0.25, 0.3) is 0 Å². The Hall–Kier alpha value is -0.610. The summed E-state index contributed by atoms with van der Waals surface area (Å²) in [6, 6.07) is 0.181. The maximum absolute atomic E-state index is 12.3. The molecule has 4 unspecified atom stereocenters. The number of nitrogens with one attached hydrogen (secondary N) is 1. The normalized spacial score (nSPS) is 32.1. The highest BCUT2D eigenvalue weighted by atomic mass is 16.3. The third-order valence-corrected chi connectivity index (χ3v) is 5.07. The lowest BCUT2D eigenvalue weighted by molar-refractivity contribution is -0.133. The number of carbonyl (C=O) groups is 1. The Kier molecular flexibility index (Phi) is 5.39. The fraction of sp³-hybridized carbons (Fsp3) is 0.933. The van der Waals surface area contributed by atoms with E-state index in [1.54, 1.807) is 0 Å². The van der Waals surface area contributed by atoms with E-state index < -0.39 is 6.10 Å². The molecule has 0 aliphatic heterocycles. The third-order valence-electron chi connectivity index (χ3n) is 5.07. The van der Waals surface area contributed by atoms with Gasteiger partial charge in [0.25, 0.3) is 0 Å². The first kappa shape index (κ1) is 16.4. The number of nitrogens with two attached hydrogens (primary N) is 1. The van der Waals surface area contributed by atoms with Crippen molar-refractivity contribution in [1.82, 2.24) is 5.32 Å². The lowest BCUT2D eigenvalue weighted by Gasteiger charge is -2.46. The molecular weight excluding hydrogens is 240 g/mol. The van der Waals surface area contributed by atoms with Gasteiger partial charge < -0.3 is 16.2 Å². The predicted molar refractivity (Wildman–Crippen MR) is 77.5 cm³/mol. The first-order chi connectivity index (χ1) is 8.67. The lowest BCUT2D eigenvalue weighted by atomic mass is 9.61. The number of amides is 1. The van der Waals surface area contributed by atoms with Crippen LogP contribution in [-0.2, 0) is 4.79 Å². The second-order valence-corrected chi connectivity index (χ2v) is 6.96. The van der Waals surface area contributed by atoms with E-state index >= 15 is 0 Å². The van der Waals surface area contributed by atoms with Gasteiger partial charge in [-0.2, -0.15) is 0 Å². The van der Waals surface area contributed by atoms with Gasteiger partial charge in [-0.05, 0) is 30.1 Å². The summed E-state index contributed by atoms with van der Waals surface area (Å²) in [5.74, 6) is 0.532. The Bertz CT molecular complexity index is 315. The predicted octanol–water partition coefficient (Wildman–Crippen LogP) is 1.52. The fourth-order valence-corrected chi connectivity index (χ4v) is 2.88. The van der Waals surface area contributed by atoms with E-state index in [9.17, 15) is 9.90 Å². The summed E-state index contributed by atoms with van der Waals surface area (Å²) >= 11 is 0. The van der Waals surface area contributed by atoms with Crippen LogP contribution in [0.15, 0.2) is 0 Å². The summed E-state index contributed by atoms with van der Waals surface area (Å²) in [4.78, 5) is 12.3. The molecule has 4 heteroatoms. The van der Waals surface area contributed by atoms with Crippen molar-refractivity contribution in [2.24, 2.45) is 28.9 Å². The number of aliphatic hydroxyl groups excluding tert-OH is 1. The molecular formula is C15H30N2O2. The highest BCUT2D eigenvalue weighted by molar-refractivity contribution is 5.79. The Labute approximate surface area is 117 Å². The van der Waals surface area contributed by atoms with Crippen LogP contribution in [0.1, 0.15) is 47.5 Å². The van der Waals surface area contributed by atoms with Gasteiger partial charge in [-0.25, -0.2) is 0 Å². The lowest BCUT2D eigenvalue weighted by Crippen LogP contribution is -2.52. The van der Waals surface area contributed by atoms with E-state index in [0.29, 0.717) is 12.5 Å². The Morgan fingerprint density at radius 3 is 2.53 bits per heavy atom. The summed E-state index contributed by atoms with van der Waals surface area (Å²) in [7, 11) is 0. The van der Waals surface area contributed by atoms with Gasteiger partial charge in [-0.15, -0.1) is 0 Å². The van der Waals surface area contributed by atoms with Gasteiger partial charge in [0.2, 0.25) is 5.91 Å². The van der Waals surface area contributed by atoms with Crippen molar-refractivity contribution < 1.29 is 9.90 Å². The summed E-state index contributed by atoms with van der Waals surface area (Å²) in [6.07, 6.45) is 1.26. The second kappa shape index (κ2) is 6.23. The molecule has 0 radical (unpaired) electrons. The molecule has 1 saturated carbocycles. The van der Waals surface area contributed by atoms with Crippen molar-refractivity contribution in [1.29, 1.82) is 0 Å². The minimum atomic E-state index is -0.477. The number of rotatable bonds is 4. The van der Waals surface area contributed by atoms with Crippen molar-refractivity contribution in [3.8, 4) is 0 Å². The maximum atomic E-state index is 12.3. The van der Waals surface area contributed by atoms with Gasteiger partial charge >= 0.3 is 0 Å².